The van der Waals surface area contributed by atoms with Crippen LogP contribution in [0.15, 0.2) is 45.4 Å². The fraction of sp³-hybridized carbons (Fsp3) is 0.278. The topological polar surface area (TPSA) is 72.4 Å². The highest BCUT2D eigenvalue weighted by Gasteiger charge is 2.34. The van der Waals surface area contributed by atoms with Gasteiger partial charge in [0.15, 0.2) is 17.2 Å². The van der Waals surface area contributed by atoms with Crippen molar-refractivity contribution in [2.45, 2.75) is 25.8 Å². The van der Waals surface area contributed by atoms with E-state index >= 15 is 0 Å². The molecule has 1 fully saturated rings. The third kappa shape index (κ3) is 2.93. The van der Waals surface area contributed by atoms with E-state index in [-0.39, 0.29) is 23.5 Å². The van der Waals surface area contributed by atoms with Crippen molar-refractivity contribution in [3.63, 3.8) is 0 Å². The molecule has 1 aliphatic heterocycles. The number of benzene rings is 1. The second-order valence-electron chi connectivity index (χ2n) is 6.11. The van der Waals surface area contributed by atoms with Crippen LogP contribution in [-0.2, 0) is 0 Å². The normalized spacial score (nSPS) is 17.2. The molecule has 2 aromatic heterocycles. The summed E-state index contributed by atoms with van der Waals surface area (Å²) in [5, 5.41) is 7.79. The van der Waals surface area contributed by atoms with Crippen LogP contribution in [0.5, 0.6) is 0 Å². The molecule has 1 aliphatic rings. The zero-order valence-corrected chi connectivity index (χ0v) is 13.6. The van der Waals surface area contributed by atoms with Crippen LogP contribution in [0.25, 0.3) is 11.3 Å². The van der Waals surface area contributed by atoms with E-state index in [4.69, 9.17) is 9.05 Å². The van der Waals surface area contributed by atoms with Crippen LogP contribution in [0, 0.1) is 12.7 Å². The summed E-state index contributed by atoms with van der Waals surface area (Å²) in [5.74, 6) is 0.565. The van der Waals surface area contributed by atoms with E-state index < -0.39 is 0 Å². The van der Waals surface area contributed by atoms with Gasteiger partial charge in [0.05, 0.1) is 11.7 Å². The van der Waals surface area contributed by atoms with Gasteiger partial charge in [0.25, 0.3) is 5.91 Å². The molecule has 3 heterocycles. The molecule has 0 spiro atoms. The van der Waals surface area contributed by atoms with Crippen LogP contribution >= 0.6 is 0 Å². The first-order valence-electron chi connectivity index (χ1n) is 8.08. The molecule has 1 amide bonds. The molecular weight excluding hydrogens is 325 g/mol. The van der Waals surface area contributed by atoms with Crippen molar-refractivity contribution in [3.8, 4) is 11.3 Å². The van der Waals surface area contributed by atoms with Gasteiger partial charge in [0.2, 0.25) is 0 Å². The molecule has 0 aliphatic carbocycles. The van der Waals surface area contributed by atoms with E-state index in [2.05, 4.69) is 10.3 Å². The molecule has 1 saturated heterocycles. The molecule has 0 saturated carbocycles. The van der Waals surface area contributed by atoms with Crippen LogP contribution in [0.2, 0.25) is 0 Å². The van der Waals surface area contributed by atoms with Crippen LogP contribution < -0.4 is 0 Å². The molecule has 0 N–H and O–H groups in total. The number of rotatable bonds is 3. The maximum Gasteiger partial charge on any atom is 0.276 e. The zero-order chi connectivity index (χ0) is 17.4. The Kier molecular flexibility index (Phi) is 3.83. The van der Waals surface area contributed by atoms with E-state index in [1.54, 1.807) is 23.1 Å². The predicted octanol–water partition coefficient (Wildman–Crippen LogP) is 3.75. The first kappa shape index (κ1) is 15.6. The Bertz CT molecular complexity index is 900. The van der Waals surface area contributed by atoms with Gasteiger partial charge in [-0.2, -0.15) is 0 Å². The number of carbonyl (C=O) groups is 1. The van der Waals surface area contributed by atoms with Crippen molar-refractivity contribution in [2.75, 3.05) is 6.54 Å². The molecule has 25 heavy (non-hydrogen) atoms. The number of amides is 1. The van der Waals surface area contributed by atoms with Gasteiger partial charge in [0.1, 0.15) is 5.82 Å². The number of likely N-dealkylation sites (tertiary alicyclic amines) is 1. The van der Waals surface area contributed by atoms with Crippen LogP contribution in [0.3, 0.4) is 0 Å². The molecule has 3 aromatic rings. The highest BCUT2D eigenvalue weighted by atomic mass is 19.1. The molecule has 6 nitrogen and oxygen atoms in total. The lowest BCUT2D eigenvalue weighted by molar-refractivity contribution is 0.0704. The minimum absolute atomic E-state index is 0.139. The second kappa shape index (κ2) is 6.16. The Morgan fingerprint density at radius 3 is 2.72 bits per heavy atom. The molecule has 1 unspecified atom stereocenters. The number of nitrogens with zero attached hydrogens (tertiary/aromatic N) is 3. The number of hydrogen-bond acceptors (Lipinski definition) is 5. The Morgan fingerprint density at radius 2 is 2.00 bits per heavy atom. The molecule has 4 rings (SSSR count). The maximum atomic E-state index is 13.0. The molecule has 0 bridgehead atoms. The van der Waals surface area contributed by atoms with Crippen molar-refractivity contribution in [2.24, 2.45) is 0 Å². The average Bonchev–Trinajstić information content (AvgIpc) is 3.35. The van der Waals surface area contributed by atoms with Crippen LogP contribution in [0.1, 0.15) is 40.8 Å². The lowest BCUT2D eigenvalue weighted by Crippen LogP contribution is -2.30. The average molecular weight is 341 g/mol. The molecule has 1 atom stereocenters. The lowest BCUT2D eigenvalue weighted by Gasteiger charge is -2.21. The van der Waals surface area contributed by atoms with E-state index in [9.17, 15) is 9.18 Å². The third-order valence-corrected chi connectivity index (χ3v) is 4.35. The van der Waals surface area contributed by atoms with E-state index in [1.807, 2.05) is 13.0 Å². The summed E-state index contributed by atoms with van der Waals surface area (Å²) in [6.45, 7) is 2.47. The smallest absolute Gasteiger partial charge is 0.276 e. The van der Waals surface area contributed by atoms with Crippen molar-refractivity contribution in [1.82, 2.24) is 15.2 Å². The summed E-state index contributed by atoms with van der Waals surface area (Å²) in [4.78, 5) is 14.5. The van der Waals surface area contributed by atoms with Crippen molar-refractivity contribution in [3.05, 3.63) is 59.4 Å². The van der Waals surface area contributed by atoms with Crippen molar-refractivity contribution in [1.29, 1.82) is 0 Å². The Hall–Kier alpha value is -2.96. The molecule has 1 aromatic carbocycles. The number of hydrogen-bond donors (Lipinski definition) is 0. The molecule has 7 heteroatoms. The SMILES string of the molecule is Cc1cc(C2CCCN2C(=O)c2cc(-c3ccc(F)cc3)on2)on1. The van der Waals surface area contributed by atoms with Gasteiger partial charge in [0, 0.05) is 24.2 Å². The van der Waals surface area contributed by atoms with Gasteiger partial charge < -0.3 is 13.9 Å². The van der Waals surface area contributed by atoms with E-state index in [1.165, 1.54) is 12.1 Å². The van der Waals surface area contributed by atoms with E-state index in [0.29, 0.717) is 23.6 Å². The van der Waals surface area contributed by atoms with Crippen LogP contribution in [-0.4, -0.2) is 27.7 Å². The van der Waals surface area contributed by atoms with Gasteiger partial charge in [-0.05, 0) is 44.0 Å². The van der Waals surface area contributed by atoms with E-state index in [0.717, 1.165) is 18.5 Å². The largest absolute Gasteiger partial charge is 0.359 e. The predicted molar refractivity (Wildman–Crippen MR) is 86.1 cm³/mol. The highest BCUT2D eigenvalue weighted by molar-refractivity contribution is 5.93. The summed E-state index contributed by atoms with van der Waals surface area (Å²) >= 11 is 0. The highest BCUT2D eigenvalue weighted by Crippen LogP contribution is 2.33. The van der Waals surface area contributed by atoms with Gasteiger partial charge in [-0.15, -0.1) is 0 Å². The summed E-state index contributed by atoms with van der Waals surface area (Å²) in [6.07, 6.45) is 1.71. The summed E-state index contributed by atoms with van der Waals surface area (Å²) in [6, 6.07) is 9.13. The summed E-state index contributed by atoms with van der Waals surface area (Å²) in [5.41, 5.74) is 1.67. The van der Waals surface area contributed by atoms with Crippen molar-refractivity contribution >= 4 is 5.91 Å². The lowest BCUT2D eigenvalue weighted by atomic mass is 10.1. The first-order valence-corrected chi connectivity index (χ1v) is 8.08. The minimum Gasteiger partial charge on any atom is -0.359 e. The van der Waals surface area contributed by atoms with Gasteiger partial charge in [-0.1, -0.05) is 10.3 Å². The first-order chi connectivity index (χ1) is 12.1. The molecule has 128 valence electrons. The van der Waals surface area contributed by atoms with Gasteiger partial charge >= 0.3 is 0 Å². The quantitative estimate of drug-likeness (QED) is 0.725. The van der Waals surface area contributed by atoms with Crippen LogP contribution in [0.4, 0.5) is 4.39 Å². The number of aryl methyl sites for hydroxylation is 1. The van der Waals surface area contributed by atoms with Crippen molar-refractivity contribution < 1.29 is 18.2 Å². The monoisotopic (exact) mass is 341 g/mol. The third-order valence-electron chi connectivity index (χ3n) is 4.35. The minimum atomic E-state index is -0.332. The summed E-state index contributed by atoms with van der Waals surface area (Å²) < 4.78 is 23.6. The Balaban J connectivity index is 1.57. The maximum absolute atomic E-state index is 13.0. The zero-order valence-electron chi connectivity index (χ0n) is 13.6. The fourth-order valence-electron chi connectivity index (χ4n) is 3.12. The van der Waals surface area contributed by atoms with Gasteiger partial charge in [-0.25, -0.2) is 4.39 Å². The number of halogens is 1. The number of aromatic nitrogens is 2. The Labute approximate surface area is 143 Å². The Morgan fingerprint density at radius 1 is 1.20 bits per heavy atom. The second-order valence-corrected chi connectivity index (χ2v) is 6.11. The van der Waals surface area contributed by atoms with Gasteiger partial charge in [-0.3, -0.25) is 4.79 Å². The molecular formula is C18H16FN3O3. The summed E-state index contributed by atoms with van der Waals surface area (Å²) in [7, 11) is 0. The number of carbonyl (C=O) groups excluding carboxylic acids is 1. The molecule has 0 radical (unpaired) electrons. The standard InChI is InChI=1S/C18H16FN3O3/c1-11-9-17(25-20-11)15-3-2-8-22(15)18(23)14-10-16(24-21-14)12-4-6-13(19)7-5-12/h4-7,9-10,15H,2-3,8H2,1H3. The fourth-order valence-corrected chi connectivity index (χ4v) is 3.12.